The molecule has 0 radical (unpaired) electrons. The maximum Gasteiger partial charge on any atom is 0.315 e. The van der Waals surface area contributed by atoms with Crippen LogP contribution in [0.15, 0.2) is 12.7 Å². The van der Waals surface area contributed by atoms with Crippen LogP contribution in [-0.4, -0.2) is 90.6 Å². The Balaban J connectivity index is 1.87. The van der Waals surface area contributed by atoms with Gasteiger partial charge in [0.15, 0.2) is 9.84 Å². The number of hydrogen-bond donors (Lipinski definition) is 4. The third-order valence-electron chi connectivity index (χ3n) is 11.0. The van der Waals surface area contributed by atoms with Gasteiger partial charge >= 0.3 is 6.03 Å². The minimum absolute atomic E-state index is 0.0710. The summed E-state index contributed by atoms with van der Waals surface area (Å²) in [6, 6.07) is -4.10. The Morgan fingerprint density at radius 1 is 1.00 bits per heavy atom. The second-order valence-corrected chi connectivity index (χ2v) is 19.0. The van der Waals surface area contributed by atoms with Crippen LogP contribution in [0.2, 0.25) is 0 Å². The maximum atomic E-state index is 14.5. The van der Waals surface area contributed by atoms with E-state index in [9.17, 15) is 32.4 Å². The van der Waals surface area contributed by atoms with Gasteiger partial charge in [-0.1, -0.05) is 72.8 Å². The fourth-order valence-electron chi connectivity index (χ4n) is 7.42. The number of nitrogens with zero attached hydrogens (tertiary/aromatic N) is 1. The zero-order chi connectivity index (χ0) is 36.9. The Morgan fingerprint density at radius 3 is 2.18 bits per heavy atom. The molecule has 5 amide bonds. The van der Waals surface area contributed by atoms with Crippen LogP contribution in [0.5, 0.6) is 0 Å². The van der Waals surface area contributed by atoms with Crippen molar-refractivity contribution in [2.75, 3.05) is 18.8 Å². The van der Waals surface area contributed by atoms with E-state index in [2.05, 4.69) is 41.7 Å². The zero-order valence-corrected chi connectivity index (χ0v) is 31.7. The fourth-order valence-corrected chi connectivity index (χ4v) is 8.86. The standard InChI is InChI=1S/C36H61N5O7S/c1-10-12-18-25(30(42)32(44)37-19-11-2)38-31(43)29-27-24(36(27,8)9)20-41(29)33(45)28(23-16-14-13-15-17-23)40-34(46)39-26(22(3)4)21-49(47,48)35(5,6)7/h11,22-29H,2,10,12-21H2,1,3-9H3,(H,37,44)(H,38,43)(H2,39,40,46)/t24-,25?,26+,27?,28-,29-/m0/s1. The van der Waals surface area contributed by atoms with E-state index >= 15 is 0 Å². The molecular formula is C36H61N5O7S. The summed E-state index contributed by atoms with van der Waals surface area (Å²) in [7, 11) is -3.54. The SMILES string of the molecule is C=CCNC(=O)C(=O)C(CCCC)NC(=O)[C@@H]1C2[C@H](CN1C(=O)[C@@H](NC(=O)N[C@H](CS(=O)(=O)C(C)(C)C)C(C)C)C1CCCCC1)C2(C)C. The van der Waals surface area contributed by atoms with Gasteiger partial charge in [0.1, 0.15) is 12.1 Å². The molecule has 1 aliphatic heterocycles. The third-order valence-corrected chi connectivity index (χ3v) is 13.7. The van der Waals surface area contributed by atoms with Crippen LogP contribution >= 0.6 is 0 Å². The minimum atomic E-state index is -3.54. The monoisotopic (exact) mass is 707 g/mol. The van der Waals surface area contributed by atoms with Crippen molar-refractivity contribution in [3.05, 3.63) is 12.7 Å². The van der Waals surface area contributed by atoms with Gasteiger partial charge in [-0.05, 0) is 69.1 Å². The summed E-state index contributed by atoms with van der Waals surface area (Å²) in [5.74, 6) is -3.00. The summed E-state index contributed by atoms with van der Waals surface area (Å²) >= 11 is 0. The van der Waals surface area contributed by atoms with E-state index in [4.69, 9.17) is 0 Å². The molecule has 13 heteroatoms. The number of likely N-dealkylation sites (tertiary alicyclic amines) is 1. The molecule has 3 rings (SSSR count). The first kappa shape index (κ1) is 40.5. The molecule has 4 N–H and O–H groups in total. The molecule has 3 fully saturated rings. The molecule has 6 atom stereocenters. The van der Waals surface area contributed by atoms with Crippen LogP contribution in [0.25, 0.3) is 0 Å². The smallest absolute Gasteiger partial charge is 0.315 e. The van der Waals surface area contributed by atoms with E-state index < -0.39 is 62.4 Å². The molecule has 2 unspecified atom stereocenters. The molecule has 49 heavy (non-hydrogen) atoms. The molecule has 3 aliphatic rings. The molecule has 1 heterocycles. The van der Waals surface area contributed by atoms with Gasteiger partial charge in [0, 0.05) is 19.1 Å². The molecular weight excluding hydrogens is 646 g/mol. The average Bonchev–Trinajstić information content (AvgIpc) is 3.33. The van der Waals surface area contributed by atoms with Crippen LogP contribution < -0.4 is 21.3 Å². The van der Waals surface area contributed by atoms with E-state index in [0.717, 1.165) is 38.5 Å². The number of rotatable bonds is 16. The first-order valence-corrected chi connectivity index (χ1v) is 19.8. The lowest BCUT2D eigenvalue weighted by Gasteiger charge is -2.37. The second kappa shape index (κ2) is 16.4. The molecule has 2 aliphatic carbocycles. The van der Waals surface area contributed by atoms with Crippen molar-refractivity contribution < 1.29 is 32.4 Å². The summed E-state index contributed by atoms with van der Waals surface area (Å²) in [4.78, 5) is 69.5. The largest absolute Gasteiger partial charge is 0.346 e. The summed E-state index contributed by atoms with van der Waals surface area (Å²) in [6.07, 6.45) is 7.46. The lowest BCUT2D eigenvalue weighted by Crippen LogP contribution is -2.61. The summed E-state index contributed by atoms with van der Waals surface area (Å²) in [5.41, 5.74) is -0.197. The van der Waals surface area contributed by atoms with E-state index in [-0.39, 0.29) is 53.7 Å². The predicted molar refractivity (Wildman–Crippen MR) is 190 cm³/mol. The Morgan fingerprint density at radius 2 is 1.63 bits per heavy atom. The highest BCUT2D eigenvalue weighted by atomic mass is 32.2. The molecule has 0 aromatic heterocycles. The maximum absolute atomic E-state index is 14.5. The number of carbonyl (C=O) groups excluding carboxylic acids is 5. The zero-order valence-electron chi connectivity index (χ0n) is 30.9. The Hall–Kier alpha value is -2.96. The number of piperidine rings is 1. The topological polar surface area (TPSA) is 171 Å². The highest BCUT2D eigenvalue weighted by Crippen LogP contribution is 2.65. The Labute approximate surface area is 293 Å². The highest BCUT2D eigenvalue weighted by molar-refractivity contribution is 7.92. The minimum Gasteiger partial charge on any atom is -0.346 e. The molecule has 12 nitrogen and oxygen atoms in total. The van der Waals surface area contributed by atoms with Crippen molar-refractivity contribution in [2.24, 2.45) is 29.1 Å². The van der Waals surface area contributed by atoms with E-state index in [0.29, 0.717) is 13.0 Å². The molecule has 0 aromatic rings. The normalized spacial score (nSPS) is 23.9. The van der Waals surface area contributed by atoms with Gasteiger partial charge in [0.25, 0.3) is 5.91 Å². The van der Waals surface area contributed by atoms with Crippen LogP contribution in [0.3, 0.4) is 0 Å². The summed E-state index contributed by atoms with van der Waals surface area (Å²) in [6.45, 7) is 18.7. The number of fused-ring (bicyclic) bond motifs is 1. The first-order chi connectivity index (χ1) is 22.8. The van der Waals surface area contributed by atoms with E-state index in [1.54, 1.807) is 25.7 Å². The number of sulfone groups is 1. The van der Waals surface area contributed by atoms with Gasteiger partial charge in [-0.2, -0.15) is 0 Å². The van der Waals surface area contributed by atoms with Crippen LogP contribution in [0.4, 0.5) is 4.79 Å². The van der Waals surface area contributed by atoms with Crippen molar-refractivity contribution in [3.8, 4) is 0 Å². The van der Waals surface area contributed by atoms with Crippen LogP contribution in [-0.2, 0) is 29.0 Å². The van der Waals surface area contributed by atoms with Gasteiger partial charge in [0.2, 0.25) is 17.6 Å². The van der Waals surface area contributed by atoms with Crippen LogP contribution in [0, 0.1) is 29.1 Å². The van der Waals surface area contributed by atoms with Crippen molar-refractivity contribution in [1.82, 2.24) is 26.2 Å². The van der Waals surface area contributed by atoms with Crippen molar-refractivity contribution in [3.63, 3.8) is 0 Å². The lowest BCUT2D eigenvalue weighted by atomic mass is 9.83. The number of urea groups is 1. The Bertz CT molecular complexity index is 1350. The fraction of sp³-hybridized carbons (Fsp3) is 0.806. The number of hydrogen-bond acceptors (Lipinski definition) is 7. The number of Topliss-reactive ketones (excluding diaryl/α,β-unsaturated/α-hetero) is 1. The van der Waals surface area contributed by atoms with Crippen molar-refractivity contribution in [1.29, 1.82) is 0 Å². The van der Waals surface area contributed by atoms with E-state index in [1.807, 2.05) is 20.8 Å². The lowest BCUT2D eigenvalue weighted by molar-refractivity contribution is -0.144. The number of carbonyl (C=O) groups is 5. The predicted octanol–water partition coefficient (Wildman–Crippen LogP) is 3.50. The van der Waals surface area contributed by atoms with Gasteiger partial charge in [-0.3, -0.25) is 19.2 Å². The molecule has 1 saturated heterocycles. The second-order valence-electron chi connectivity index (χ2n) is 16.2. The molecule has 2 saturated carbocycles. The van der Waals surface area contributed by atoms with E-state index in [1.165, 1.54) is 6.08 Å². The van der Waals surface area contributed by atoms with Crippen molar-refractivity contribution in [2.45, 2.75) is 136 Å². The number of amides is 5. The van der Waals surface area contributed by atoms with Crippen LogP contribution in [0.1, 0.15) is 107 Å². The van der Waals surface area contributed by atoms with Gasteiger partial charge in [-0.25, -0.2) is 13.2 Å². The van der Waals surface area contributed by atoms with Crippen molar-refractivity contribution >= 4 is 39.4 Å². The van der Waals surface area contributed by atoms with Gasteiger partial charge < -0.3 is 26.2 Å². The molecule has 278 valence electrons. The highest BCUT2D eigenvalue weighted by Gasteiger charge is 2.69. The van der Waals surface area contributed by atoms with Gasteiger partial charge in [0.05, 0.1) is 16.5 Å². The van der Waals surface area contributed by atoms with Gasteiger partial charge in [-0.15, -0.1) is 6.58 Å². The third kappa shape index (κ3) is 9.64. The molecule has 0 bridgehead atoms. The Kier molecular flexibility index (Phi) is 13.5. The number of nitrogens with one attached hydrogen (secondary N) is 4. The molecule has 0 spiro atoms. The first-order valence-electron chi connectivity index (χ1n) is 18.1. The summed E-state index contributed by atoms with van der Waals surface area (Å²) < 4.78 is 25.1. The molecule has 0 aromatic carbocycles. The average molecular weight is 708 g/mol. The summed E-state index contributed by atoms with van der Waals surface area (Å²) in [5, 5.41) is 11.1. The number of unbranched alkanes of at least 4 members (excludes halogenated alkanes) is 1. The number of ketones is 1. The quantitative estimate of drug-likeness (QED) is 0.141.